The highest BCUT2D eigenvalue weighted by atomic mass is 19.4. The molecule has 4 aromatic heterocycles. The summed E-state index contributed by atoms with van der Waals surface area (Å²) in [6.45, 7) is 1.86. The van der Waals surface area contributed by atoms with Crippen molar-refractivity contribution in [3.63, 3.8) is 0 Å². The number of nitrogens with one attached hydrogen (secondary N) is 2. The summed E-state index contributed by atoms with van der Waals surface area (Å²) in [6.07, 6.45) is 0.187. The van der Waals surface area contributed by atoms with Crippen LogP contribution in [0.3, 0.4) is 0 Å². The minimum Gasteiger partial charge on any atom is -0.388 e. The second-order valence-electron chi connectivity index (χ2n) is 6.91. The van der Waals surface area contributed by atoms with Crippen molar-refractivity contribution in [1.82, 2.24) is 19.9 Å². The average molecular weight is 431 g/mol. The van der Waals surface area contributed by atoms with Gasteiger partial charge in [0.25, 0.3) is 0 Å². The van der Waals surface area contributed by atoms with Crippen molar-refractivity contribution in [1.29, 1.82) is 0 Å². The fourth-order valence-electron chi connectivity index (χ4n) is 3.15. The average Bonchev–Trinajstić information content (AvgIpc) is 3.10. The number of halogens is 4. The van der Waals surface area contributed by atoms with Crippen molar-refractivity contribution < 1.29 is 22.3 Å². The molecule has 6 nitrogen and oxygen atoms in total. The molecular formula is C21H17F4N5O. The minimum atomic E-state index is -4.86. The van der Waals surface area contributed by atoms with Gasteiger partial charge in [-0.3, -0.25) is 0 Å². The van der Waals surface area contributed by atoms with Gasteiger partial charge in [-0.05, 0) is 36.2 Å². The Kier molecular flexibility index (Phi) is 5.45. The van der Waals surface area contributed by atoms with Crippen molar-refractivity contribution in [2.45, 2.75) is 26.3 Å². The van der Waals surface area contributed by atoms with E-state index in [-0.39, 0.29) is 17.9 Å². The number of nitrogens with zero attached hydrogens (tertiary/aromatic N) is 3. The summed E-state index contributed by atoms with van der Waals surface area (Å²) >= 11 is 0. The van der Waals surface area contributed by atoms with E-state index in [1.54, 1.807) is 24.5 Å². The molecule has 4 aromatic rings. The first kappa shape index (κ1) is 20.6. The summed E-state index contributed by atoms with van der Waals surface area (Å²) in [7, 11) is 0. The Balaban J connectivity index is 1.48. The number of aromatic nitrogens is 4. The fraction of sp³-hybridized carbons (Fsp3) is 0.190. The summed E-state index contributed by atoms with van der Waals surface area (Å²) in [5.74, 6) is -1.06. The van der Waals surface area contributed by atoms with Gasteiger partial charge < -0.3 is 15.0 Å². The van der Waals surface area contributed by atoms with Crippen LogP contribution in [0.5, 0.6) is 5.88 Å². The largest absolute Gasteiger partial charge is 0.574 e. The molecule has 0 bridgehead atoms. The van der Waals surface area contributed by atoms with Crippen LogP contribution in [0, 0.1) is 12.9 Å². The summed E-state index contributed by atoms with van der Waals surface area (Å²) in [6, 6.07) is 8.04. The number of hydrogen-bond donors (Lipinski definition) is 2. The maximum Gasteiger partial charge on any atom is 0.574 e. The standard InChI is InChI=1S/C21H17F4N5O/c1-12-7-16-15(11-29-19(16)28-9-12)8-13-4-5-17(30-18(13)22)27-10-14-3-2-6-26-20(14)31-21(23,24)25/h2-7,9,11H,8,10H2,1H3,(H,27,30)(H,28,29). The highest BCUT2D eigenvalue weighted by Crippen LogP contribution is 2.25. The second-order valence-corrected chi connectivity index (χ2v) is 6.91. The Bertz CT molecular complexity index is 1220. The molecule has 10 heteroatoms. The first-order chi connectivity index (χ1) is 14.8. The predicted molar refractivity (Wildman–Crippen MR) is 106 cm³/mol. The van der Waals surface area contributed by atoms with Gasteiger partial charge in [0.05, 0.1) is 0 Å². The van der Waals surface area contributed by atoms with Crippen LogP contribution in [0.4, 0.5) is 23.4 Å². The molecular weight excluding hydrogens is 414 g/mol. The van der Waals surface area contributed by atoms with E-state index in [1.165, 1.54) is 18.3 Å². The van der Waals surface area contributed by atoms with Gasteiger partial charge in [-0.25, -0.2) is 15.0 Å². The molecule has 0 saturated carbocycles. The van der Waals surface area contributed by atoms with Crippen molar-refractivity contribution >= 4 is 16.9 Å². The van der Waals surface area contributed by atoms with Gasteiger partial charge in [-0.2, -0.15) is 4.39 Å². The van der Waals surface area contributed by atoms with E-state index in [4.69, 9.17) is 0 Å². The van der Waals surface area contributed by atoms with Gasteiger partial charge in [-0.1, -0.05) is 12.1 Å². The molecule has 160 valence electrons. The summed E-state index contributed by atoms with van der Waals surface area (Å²) in [5, 5.41) is 3.71. The molecule has 0 aromatic carbocycles. The Morgan fingerprint density at radius 2 is 1.94 bits per heavy atom. The van der Waals surface area contributed by atoms with E-state index in [1.807, 2.05) is 13.0 Å². The number of pyridine rings is 3. The van der Waals surface area contributed by atoms with Crippen LogP contribution in [-0.2, 0) is 13.0 Å². The van der Waals surface area contributed by atoms with E-state index in [0.29, 0.717) is 12.0 Å². The first-order valence-electron chi connectivity index (χ1n) is 9.30. The second kappa shape index (κ2) is 8.21. The summed E-state index contributed by atoms with van der Waals surface area (Å²) < 4.78 is 56.0. The number of aryl methyl sites for hydroxylation is 1. The molecule has 4 rings (SSSR count). The minimum absolute atomic E-state index is 0.0710. The molecule has 0 unspecified atom stereocenters. The van der Waals surface area contributed by atoms with Gasteiger partial charge in [0.1, 0.15) is 11.5 Å². The van der Waals surface area contributed by atoms with E-state index >= 15 is 0 Å². The Hall–Kier alpha value is -3.69. The zero-order chi connectivity index (χ0) is 22.0. The molecule has 0 radical (unpaired) electrons. The molecule has 0 aliphatic rings. The van der Waals surface area contributed by atoms with E-state index < -0.39 is 18.2 Å². The van der Waals surface area contributed by atoms with Crippen molar-refractivity contribution in [3.8, 4) is 5.88 Å². The van der Waals surface area contributed by atoms with Gasteiger partial charge in [0.15, 0.2) is 0 Å². The number of rotatable bonds is 6. The van der Waals surface area contributed by atoms with Gasteiger partial charge in [0.2, 0.25) is 11.8 Å². The highest BCUT2D eigenvalue weighted by molar-refractivity contribution is 5.80. The third kappa shape index (κ3) is 4.90. The third-order valence-electron chi connectivity index (χ3n) is 4.58. The Labute approximate surface area is 174 Å². The molecule has 0 aliphatic heterocycles. The fourth-order valence-corrected chi connectivity index (χ4v) is 3.15. The van der Waals surface area contributed by atoms with Gasteiger partial charge >= 0.3 is 6.36 Å². The lowest BCUT2D eigenvalue weighted by Crippen LogP contribution is -2.19. The third-order valence-corrected chi connectivity index (χ3v) is 4.58. The lowest BCUT2D eigenvalue weighted by Gasteiger charge is -2.13. The molecule has 2 N–H and O–H groups in total. The van der Waals surface area contributed by atoms with Crippen LogP contribution in [0.1, 0.15) is 22.3 Å². The normalized spacial score (nSPS) is 11.6. The van der Waals surface area contributed by atoms with Gasteiger partial charge in [0, 0.05) is 48.1 Å². The molecule has 0 aliphatic carbocycles. The summed E-state index contributed by atoms with van der Waals surface area (Å²) in [5.41, 5.74) is 3.15. The van der Waals surface area contributed by atoms with Crippen molar-refractivity contribution in [2.75, 3.05) is 5.32 Å². The van der Waals surface area contributed by atoms with Crippen LogP contribution in [0.2, 0.25) is 0 Å². The molecule has 0 spiro atoms. The number of hydrogen-bond acceptors (Lipinski definition) is 5. The zero-order valence-corrected chi connectivity index (χ0v) is 16.3. The van der Waals surface area contributed by atoms with E-state index in [2.05, 4.69) is 30.0 Å². The number of anilines is 1. The molecule has 31 heavy (non-hydrogen) atoms. The highest BCUT2D eigenvalue weighted by Gasteiger charge is 2.32. The van der Waals surface area contributed by atoms with E-state index in [0.717, 1.165) is 22.2 Å². The van der Waals surface area contributed by atoms with Crippen molar-refractivity contribution in [2.24, 2.45) is 0 Å². The number of H-pyrrole nitrogens is 1. The number of aromatic amines is 1. The molecule has 0 atom stereocenters. The van der Waals surface area contributed by atoms with Crippen molar-refractivity contribution in [3.05, 3.63) is 77.1 Å². The molecule has 0 saturated heterocycles. The maximum absolute atomic E-state index is 14.6. The zero-order valence-electron chi connectivity index (χ0n) is 16.3. The Morgan fingerprint density at radius 3 is 2.71 bits per heavy atom. The van der Waals surface area contributed by atoms with Crippen LogP contribution >= 0.6 is 0 Å². The van der Waals surface area contributed by atoms with Crippen LogP contribution in [0.25, 0.3) is 11.0 Å². The monoisotopic (exact) mass is 431 g/mol. The van der Waals surface area contributed by atoms with E-state index in [9.17, 15) is 17.6 Å². The SMILES string of the molecule is Cc1cnc2[nH]cc(Cc3ccc(NCc4cccnc4OC(F)(F)F)nc3F)c2c1. The summed E-state index contributed by atoms with van der Waals surface area (Å²) in [4.78, 5) is 14.8. The first-order valence-corrected chi connectivity index (χ1v) is 9.30. The smallest absolute Gasteiger partial charge is 0.388 e. The topological polar surface area (TPSA) is 75.7 Å². The number of fused-ring (bicyclic) bond motifs is 1. The number of alkyl halides is 3. The van der Waals surface area contributed by atoms with Crippen LogP contribution < -0.4 is 10.1 Å². The van der Waals surface area contributed by atoms with Gasteiger partial charge in [-0.15, -0.1) is 13.2 Å². The molecule has 4 heterocycles. The lowest BCUT2D eigenvalue weighted by molar-refractivity contribution is -0.276. The van der Waals surface area contributed by atoms with Crippen LogP contribution in [-0.4, -0.2) is 26.3 Å². The number of ether oxygens (including phenoxy) is 1. The molecule has 0 amide bonds. The Morgan fingerprint density at radius 1 is 1.10 bits per heavy atom. The lowest BCUT2D eigenvalue weighted by atomic mass is 10.1. The quantitative estimate of drug-likeness (QED) is 0.335. The maximum atomic E-state index is 14.6. The van der Waals surface area contributed by atoms with Crippen LogP contribution in [0.15, 0.2) is 48.9 Å². The molecule has 0 fully saturated rings. The predicted octanol–water partition coefficient (Wildman–Crippen LogP) is 4.90.